The first-order valence-electron chi connectivity index (χ1n) is 8.40. The monoisotopic (exact) mass is 394 g/mol. The number of rotatable bonds is 5. The molecule has 2 N–H and O–H groups in total. The lowest BCUT2D eigenvalue weighted by Crippen LogP contribution is -2.24. The van der Waals surface area contributed by atoms with Gasteiger partial charge in [0.2, 0.25) is 0 Å². The fourth-order valence-corrected chi connectivity index (χ4v) is 2.29. The quantitative estimate of drug-likeness (QED) is 0.298. The molecule has 0 atom stereocenters. The van der Waals surface area contributed by atoms with E-state index in [9.17, 15) is 18.8 Å². The molecule has 146 valence electrons. The first-order valence-corrected chi connectivity index (χ1v) is 8.40. The van der Waals surface area contributed by atoms with Gasteiger partial charge in [0.25, 0.3) is 5.91 Å². The van der Waals surface area contributed by atoms with Crippen molar-refractivity contribution in [2.45, 2.75) is 6.92 Å². The van der Waals surface area contributed by atoms with Crippen LogP contribution in [0.25, 0.3) is 0 Å². The number of hydrazone groups is 1. The molecule has 29 heavy (non-hydrogen) atoms. The summed E-state index contributed by atoms with van der Waals surface area (Å²) in [5, 5.41) is 3.80. The minimum atomic E-state index is -0.625. The molecule has 0 radical (unpaired) electrons. The first kappa shape index (κ1) is 19.6. The van der Waals surface area contributed by atoms with Crippen LogP contribution < -0.4 is 15.9 Å². The molecular weight excluding hydrogens is 379 g/mol. The second-order valence-electron chi connectivity index (χ2n) is 5.92. The number of ether oxygens (including phenoxy) is 1. The third kappa shape index (κ3) is 5.42. The lowest BCUT2D eigenvalue weighted by atomic mass is 10.2. The summed E-state index contributed by atoms with van der Waals surface area (Å²) >= 11 is 0. The summed E-state index contributed by atoms with van der Waals surface area (Å²) in [4.78, 5) is 41.2. The van der Waals surface area contributed by atoms with Crippen molar-refractivity contribution < 1.29 is 18.7 Å². The fourth-order valence-electron chi connectivity index (χ4n) is 2.29. The van der Waals surface area contributed by atoms with Crippen molar-refractivity contribution in [3.05, 3.63) is 93.4 Å². The van der Waals surface area contributed by atoms with E-state index in [1.165, 1.54) is 36.5 Å². The molecule has 8 nitrogen and oxygen atoms in total. The van der Waals surface area contributed by atoms with Crippen LogP contribution in [0, 0.1) is 12.7 Å². The van der Waals surface area contributed by atoms with E-state index in [0.717, 1.165) is 0 Å². The zero-order valence-electron chi connectivity index (χ0n) is 15.2. The maximum absolute atomic E-state index is 12.9. The van der Waals surface area contributed by atoms with Gasteiger partial charge in [0, 0.05) is 5.69 Å². The number of esters is 1. The van der Waals surface area contributed by atoms with E-state index in [1.807, 2.05) is 0 Å². The number of hydrogen-bond donors (Lipinski definition) is 2. The predicted molar refractivity (Wildman–Crippen MR) is 102 cm³/mol. The average molecular weight is 394 g/mol. The molecule has 0 aliphatic rings. The summed E-state index contributed by atoms with van der Waals surface area (Å²) in [5.41, 5.74) is 2.96. The van der Waals surface area contributed by atoms with Gasteiger partial charge in [-0.15, -0.1) is 0 Å². The minimum Gasteiger partial charge on any atom is -0.423 e. The number of carbonyl (C=O) groups is 2. The van der Waals surface area contributed by atoms with Crippen LogP contribution >= 0.6 is 0 Å². The number of aryl methyl sites for hydroxylation is 1. The number of H-pyrrole nitrogens is 1. The molecule has 3 rings (SSSR count). The summed E-state index contributed by atoms with van der Waals surface area (Å²) < 4.78 is 18.1. The number of nitrogens with zero attached hydrogens (tertiary/aromatic N) is 2. The summed E-state index contributed by atoms with van der Waals surface area (Å²) in [7, 11) is 0. The lowest BCUT2D eigenvalue weighted by molar-refractivity contribution is 0.0734. The highest BCUT2D eigenvalue weighted by atomic mass is 19.1. The van der Waals surface area contributed by atoms with Crippen molar-refractivity contribution in [1.82, 2.24) is 15.4 Å². The maximum atomic E-state index is 12.9. The summed E-state index contributed by atoms with van der Waals surface area (Å²) in [6.07, 6.45) is 1.38. The van der Waals surface area contributed by atoms with E-state index in [-0.39, 0.29) is 11.3 Å². The van der Waals surface area contributed by atoms with Crippen molar-refractivity contribution in [3.63, 3.8) is 0 Å². The zero-order valence-corrected chi connectivity index (χ0v) is 15.2. The Bertz CT molecular complexity index is 1120. The van der Waals surface area contributed by atoms with Crippen LogP contribution in [0.3, 0.4) is 0 Å². The summed E-state index contributed by atoms with van der Waals surface area (Å²) in [6.45, 7) is 1.63. The molecule has 1 amide bonds. The smallest absolute Gasteiger partial charge is 0.345 e. The Balaban J connectivity index is 1.58. The Morgan fingerprint density at radius 2 is 1.83 bits per heavy atom. The number of hydrogen-bond acceptors (Lipinski definition) is 6. The number of aromatic nitrogens is 2. The van der Waals surface area contributed by atoms with Gasteiger partial charge >= 0.3 is 11.7 Å². The van der Waals surface area contributed by atoms with Crippen molar-refractivity contribution in [3.8, 4) is 5.75 Å². The zero-order chi connectivity index (χ0) is 20.8. The highest BCUT2D eigenvalue weighted by Gasteiger charge is 2.09. The Hall–Kier alpha value is -4.14. The van der Waals surface area contributed by atoms with E-state index < -0.39 is 23.4 Å². The van der Waals surface area contributed by atoms with Gasteiger partial charge < -0.3 is 9.72 Å². The number of halogens is 1. The van der Waals surface area contributed by atoms with Crippen molar-refractivity contribution in [2.75, 3.05) is 0 Å². The van der Waals surface area contributed by atoms with Gasteiger partial charge in [0.15, 0.2) is 0 Å². The van der Waals surface area contributed by atoms with Crippen molar-refractivity contribution in [2.24, 2.45) is 5.10 Å². The highest BCUT2D eigenvalue weighted by molar-refractivity contribution is 5.93. The van der Waals surface area contributed by atoms with Gasteiger partial charge in [-0.05, 0) is 67.1 Å². The second kappa shape index (κ2) is 8.70. The molecule has 9 heteroatoms. The van der Waals surface area contributed by atoms with Gasteiger partial charge in [0.1, 0.15) is 17.3 Å². The van der Waals surface area contributed by atoms with Crippen molar-refractivity contribution >= 4 is 18.1 Å². The maximum Gasteiger partial charge on any atom is 0.345 e. The molecule has 3 aromatic rings. The van der Waals surface area contributed by atoms with Crippen LogP contribution in [0.5, 0.6) is 5.75 Å². The van der Waals surface area contributed by atoms with E-state index in [2.05, 4.69) is 20.5 Å². The van der Waals surface area contributed by atoms with Gasteiger partial charge in [-0.25, -0.2) is 19.4 Å². The highest BCUT2D eigenvalue weighted by Crippen LogP contribution is 2.14. The molecule has 1 aromatic heterocycles. The molecule has 0 bridgehead atoms. The Kier molecular flexibility index (Phi) is 5.88. The van der Waals surface area contributed by atoms with Gasteiger partial charge in [0.05, 0.1) is 11.8 Å². The third-order valence-electron chi connectivity index (χ3n) is 3.66. The molecular formula is C20H15FN4O4. The minimum absolute atomic E-state index is 0.0496. The van der Waals surface area contributed by atoms with Crippen LogP contribution in [0.15, 0.2) is 64.5 Å². The molecule has 0 spiro atoms. The van der Waals surface area contributed by atoms with Crippen LogP contribution in [0.1, 0.15) is 32.1 Å². The van der Waals surface area contributed by atoms with Gasteiger partial charge in [-0.2, -0.15) is 10.1 Å². The first-order chi connectivity index (χ1) is 13.9. The Morgan fingerprint density at radius 3 is 2.48 bits per heavy atom. The number of amides is 1. The van der Waals surface area contributed by atoms with E-state index >= 15 is 0 Å². The Morgan fingerprint density at radius 1 is 1.14 bits per heavy atom. The number of carbonyl (C=O) groups excluding carboxylic acids is 2. The lowest BCUT2D eigenvalue weighted by Gasteiger charge is -2.04. The third-order valence-corrected chi connectivity index (χ3v) is 3.66. The summed E-state index contributed by atoms with van der Waals surface area (Å²) in [5.74, 6) is -1.38. The van der Waals surface area contributed by atoms with Crippen LogP contribution in [-0.4, -0.2) is 28.1 Å². The average Bonchev–Trinajstić information content (AvgIpc) is 2.69. The topological polar surface area (TPSA) is 114 Å². The van der Waals surface area contributed by atoms with Crippen LogP contribution in [-0.2, 0) is 0 Å². The number of aromatic amines is 1. The van der Waals surface area contributed by atoms with Crippen LogP contribution in [0.2, 0.25) is 0 Å². The SMILES string of the molecule is Cc1cc(C(=O)N/N=C/c2ccc(OC(=O)c3ccc(F)cc3)cc2)nc(=O)[nH]1. The predicted octanol–water partition coefficient (Wildman–Crippen LogP) is 2.20. The molecule has 0 aliphatic heterocycles. The molecule has 2 aromatic carbocycles. The normalized spacial score (nSPS) is 10.7. The second-order valence-corrected chi connectivity index (χ2v) is 5.92. The van der Waals surface area contributed by atoms with E-state index in [4.69, 9.17) is 4.74 Å². The molecule has 0 aliphatic carbocycles. The standard InChI is InChI=1S/C20H15FN4O4/c1-12-10-17(24-20(28)23-12)18(26)25-22-11-13-2-8-16(9-3-13)29-19(27)14-4-6-15(21)7-5-14/h2-11H,1H3,(H,25,26)(H,23,24,28)/b22-11+. The van der Waals surface area contributed by atoms with Crippen molar-refractivity contribution in [1.29, 1.82) is 0 Å². The number of nitrogens with one attached hydrogen (secondary N) is 2. The molecule has 0 fully saturated rings. The van der Waals surface area contributed by atoms with E-state index in [0.29, 0.717) is 17.0 Å². The molecule has 0 saturated carbocycles. The van der Waals surface area contributed by atoms with Gasteiger partial charge in [-0.3, -0.25) is 4.79 Å². The molecule has 0 saturated heterocycles. The molecule has 1 heterocycles. The Labute approximate surface area is 164 Å². The van der Waals surface area contributed by atoms with Gasteiger partial charge in [-0.1, -0.05) is 0 Å². The summed E-state index contributed by atoms with van der Waals surface area (Å²) in [6, 6.07) is 12.8. The van der Waals surface area contributed by atoms with E-state index in [1.54, 1.807) is 31.2 Å². The fraction of sp³-hybridized carbons (Fsp3) is 0.0500. The largest absolute Gasteiger partial charge is 0.423 e. The number of benzene rings is 2. The molecule has 0 unspecified atom stereocenters. The van der Waals surface area contributed by atoms with Crippen LogP contribution in [0.4, 0.5) is 4.39 Å².